The molecule has 0 spiro atoms. The third kappa shape index (κ3) is 34.2. The maximum absolute atomic E-state index is 13.0. The zero-order chi connectivity index (χ0) is 45.9. The maximum atomic E-state index is 13.0. The lowest BCUT2D eigenvalue weighted by molar-refractivity contribution is -0.302. The van der Waals surface area contributed by atoms with Crippen molar-refractivity contribution in [3.63, 3.8) is 0 Å². The van der Waals surface area contributed by atoms with Gasteiger partial charge in [0, 0.05) is 6.42 Å². The summed E-state index contributed by atoms with van der Waals surface area (Å²) in [7, 11) is 0. The highest BCUT2D eigenvalue weighted by Gasteiger charge is 2.44. The van der Waals surface area contributed by atoms with E-state index in [2.05, 4.69) is 55.6 Å². The maximum Gasteiger partial charge on any atom is 0.220 e. The highest BCUT2D eigenvalue weighted by molar-refractivity contribution is 5.76. The number of nitrogens with one attached hydrogen (secondary N) is 1. The van der Waals surface area contributed by atoms with Crippen molar-refractivity contribution < 1.29 is 39.8 Å². The molecule has 0 bridgehead atoms. The monoisotopic (exact) mass is 890 g/mol. The van der Waals surface area contributed by atoms with Crippen LogP contribution >= 0.6 is 0 Å². The molecule has 1 saturated heterocycles. The second kappa shape index (κ2) is 44.0. The predicted molar refractivity (Wildman–Crippen MR) is 263 cm³/mol. The molecule has 0 aromatic heterocycles. The summed E-state index contributed by atoms with van der Waals surface area (Å²) in [6.45, 7) is 3.76. The van der Waals surface area contributed by atoms with Crippen molar-refractivity contribution in [2.24, 2.45) is 0 Å². The molecule has 1 fully saturated rings. The topological polar surface area (TPSA) is 149 Å². The van der Waals surface area contributed by atoms with Gasteiger partial charge in [0.05, 0.1) is 25.4 Å². The number of hydrogen-bond acceptors (Lipinski definition) is 8. The number of aliphatic hydroxyl groups excluding tert-OH is 5. The molecule has 7 unspecified atom stereocenters. The van der Waals surface area contributed by atoms with Crippen LogP contribution in [-0.4, -0.2) is 87.5 Å². The number of allylic oxidation sites excluding steroid dienone is 7. The predicted octanol–water partition coefficient (Wildman–Crippen LogP) is 12.2. The van der Waals surface area contributed by atoms with Crippen LogP contribution in [0.3, 0.4) is 0 Å². The Bertz CT molecular complexity index is 1130. The van der Waals surface area contributed by atoms with Crippen LogP contribution in [0.5, 0.6) is 0 Å². The van der Waals surface area contributed by atoms with Crippen LogP contribution < -0.4 is 5.32 Å². The molecule has 1 rings (SSSR count). The Hall–Kier alpha value is -1.85. The van der Waals surface area contributed by atoms with Crippen molar-refractivity contribution in [2.75, 3.05) is 13.2 Å². The Balaban J connectivity index is 2.32. The van der Waals surface area contributed by atoms with Gasteiger partial charge in [0.25, 0.3) is 0 Å². The molecule has 1 aliphatic rings. The SMILES string of the molecule is CCCCCCCCCC/C=C\CCCCCCCCCCCC(=O)NC(COC1OC(CO)C(O)C(O)C1O)C(O)/C=C/CC/C=C/CC/C=C/CCCCCCCCCCC. The number of hydrogen-bond donors (Lipinski definition) is 6. The molecule has 9 heteroatoms. The van der Waals surface area contributed by atoms with Crippen molar-refractivity contribution in [3.8, 4) is 0 Å². The molecule has 1 heterocycles. The quantitative estimate of drug-likeness (QED) is 0.0262. The van der Waals surface area contributed by atoms with E-state index in [0.717, 1.165) is 44.9 Å². The molecule has 0 radical (unpaired) electrons. The van der Waals surface area contributed by atoms with E-state index < -0.39 is 49.5 Å². The van der Waals surface area contributed by atoms with E-state index in [4.69, 9.17) is 9.47 Å². The standard InChI is InChI=1S/C54H99NO8/c1-3-5-7-9-11-13-15-17-19-21-23-24-26-28-30-32-34-36-38-40-42-44-50(58)55-47(46-62-54-53(61)52(60)51(59)49(45-56)63-54)48(57)43-41-39-37-35-33-31-29-27-25-22-20-18-16-14-12-10-8-6-4-2/h21,23,25,27,33,35,41,43,47-49,51-54,56-57,59-61H,3-20,22,24,26,28-32,34,36-40,42,44-46H2,1-2H3,(H,55,58)/b23-21-,27-25+,35-33+,43-41+. The van der Waals surface area contributed by atoms with Crippen molar-refractivity contribution >= 4 is 5.91 Å². The summed E-state index contributed by atoms with van der Waals surface area (Å²) in [6.07, 6.45) is 50.2. The second-order valence-electron chi connectivity index (χ2n) is 18.3. The number of amides is 1. The van der Waals surface area contributed by atoms with Gasteiger partial charge in [-0.2, -0.15) is 0 Å². The fraction of sp³-hybridized carbons (Fsp3) is 0.833. The van der Waals surface area contributed by atoms with Crippen molar-refractivity contribution in [2.45, 2.75) is 275 Å². The molecule has 1 amide bonds. The average molecular weight is 890 g/mol. The summed E-state index contributed by atoms with van der Waals surface area (Å²) in [5.74, 6) is -0.193. The van der Waals surface area contributed by atoms with Crippen LogP contribution in [0.15, 0.2) is 48.6 Å². The first-order valence-electron chi connectivity index (χ1n) is 26.4. The van der Waals surface area contributed by atoms with E-state index in [-0.39, 0.29) is 12.5 Å². The van der Waals surface area contributed by atoms with Crippen LogP contribution in [0.25, 0.3) is 0 Å². The van der Waals surface area contributed by atoms with E-state index in [1.54, 1.807) is 6.08 Å². The molecule has 6 N–H and O–H groups in total. The van der Waals surface area contributed by atoms with Gasteiger partial charge < -0.3 is 40.3 Å². The third-order valence-electron chi connectivity index (χ3n) is 12.4. The van der Waals surface area contributed by atoms with Crippen LogP contribution in [0.4, 0.5) is 0 Å². The van der Waals surface area contributed by atoms with E-state index in [1.807, 2.05) is 6.08 Å². The average Bonchev–Trinajstić information content (AvgIpc) is 3.28. The molecular weight excluding hydrogens is 791 g/mol. The summed E-state index contributed by atoms with van der Waals surface area (Å²) in [6, 6.07) is -0.829. The van der Waals surface area contributed by atoms with Crippen LogP contribution in [0, 0.1) is 0 Å². The van der Waals surface area contributed by atoms with E-state index in [0.29, 0.717) is 6.42 Å². The zero-order valence-corrected chi connectivity index (χ0v) is 40.6. The van der Waals surface area contributed by atoms with Gasteiger partial charge in [-0.1, -0.05) is 204 Å². The van der Waals surface area contributed by atoms with Gasteiger partial charge in [0.15, 0.2) is 6.29 Å². The highest BCUT2D eigenvalue weighted by Crippen LogP contribution is 2.23. The first-order chi connectivity index (χ1) is 30.8. The summed E-state index contributed by atoms with van der Waals surface area (Å²) < 4.78 is 11.2. The van der Waals surface area contributed by atoms with Gasteiger partial charge >= 0.3 is 0 Å². The second-order valence-corrected chi connectivity index (χ2v) is 18.3. The summed E-state index contributed by atoms with van der Waals surface area (Å²) >= 11 is 0. The van der Waals surface area contributed by atoms with Gasteiger partial charge in [-0.3, -0.25) is 4.79 Å². The lowest BCUT2D eigenvalue weighted by Gasteiger charge is -2.40. The van der Waals surface area contributed by atoms with Gasteiger partial charge in [0.2, 0.25) is 5.91 Å². The van der Waals surface area contributed by atoms with Crippen LogP contribution in [0.2, 0.25) is 0 Å². The minimum absolute atomic E-state index is 0.193. The Morgan fingerprint density at radius 1 is 0.524 bits per heavy atom. The van der Waals surface area contributed by atoms with Crippen molar-refractivity contribution in [3.05, 3.63) is 48.6 Å². The number of carbonyl (C=O) groups excluding carboxylic acids is 1. The van der Waals surface area contributed by atoms with E-state index in [9.17, 15) is 30.3 Å². The lowest BCUT2D eigenvalue weighted by atomic mass is 9.99. The fourth-order valence-corrected chi connectivity index (χ4v) is 8.12. The smallest absolute Gasteiger partial charge is 0.220 e. The molecule has 9 nitrogen and oxygen atoms in total. The van der Waals surface area contributed by atoms with Gasteiger partial charge in [-0.05, 0) is 70.6 Å². The molecule has 0 aromatic rings. The number of rotatable bonds is 44. The minimum Gasteiger partial charge on any atom is -0.394 e. The molecule has 0 saturated carbocycles. The number of carbonyl (C=O) groups is 1. The first-order valence-corrected chi connectivity index (χ1v) is 26.4. The first kappa shape index (κ1) is 59.2. The van der Waals surface area contributed by atoms with Crippen LogP contribution in [-0.2, 0) is 14.3 Å². The van der Waals surface area contributed by atoms with Gasteiger partial charge in [0.1, 0.15) is 24.4 Å². The third-order valence-corrected chi connectivity index (χ3v) is 12.4. The molecule has 1 aliphatic heterocycles. The zero-order valence-electron chi connectivity index (χ0n) is 40.6. The molecule has 0 aliphatic carbocycles. The number of unbranched alkanes of at least 4 members (excludes halogenated alkanes) is 28. The van der Waals surface area contributed by atoms with E-state index >= 15 is 0 Å². The Kier molecular flexibility index (Phi) is 41.3. The summed E-state index contributed by atoms with van der Waals surface area (Å²) in [5.41, 5.74) is 0. The summed E-state index contributed by atoms with van der Waals surface area (Å²) in [4.78, 5) is 13.0. The Labute approximate surface area is 386 Å². The van der Waals surface area contributed by atoms with Gasteiger partial charge in [-0.15, -0.1) is 0 Å². The minimum atomic E-state index is -1.58. The number of aliphatic hydroxyl groups is 5. The number of ether oxygens (including phenoxy) is 2. The fourth-order valence-electron chi connectivity index (χ4n) is 8.12. The largest absolute Gasteiger partial charge is 0.394 e. The normalized spacial score (nSPS) is 20.5. The molecule has 0 aromatic carbocycles. The molecular formula is C54H99NO8. The Morgan fingerprint density at radius 2 is 0.905 bits per heavy atom. The lowest BCUT2D eigenvalue weighted by Crippen LogP contribution is -2.60. The van der Waals surface area contributed by atoms with Crippen molar-refractivity contribution in [1.82, 2.24) is 5.32 Å². The Morgan fingerprint density at radius 3 is 1.33 bits per heavy atom. The van der Waals surface area contributed by atoms with E-state index in [1.165, 1.54) is 167 Å². The van der Waals surface area contributed by atoms with Gasteiger partial charge in [-0.25, -0.2) is 0 Å². The van der Waals surface area contributed by atoms with Crippen molar-refractivity contribution in [1.29, 1.82) is 0 Å². The highest BCUT2D eigenvalue weighted by atomic mass is 16.7. The summed E-state index contributed by atoms with van der Waals surface area (Å²) in [5, 5.41) is 54.3. The molecule has 63 heavy (non-hydrogen) atoms. The molecule has 368 valence electrons. The van der Waals surface area contributed by atoms with Crippen LogP contribution in [0.1, 0.15) is 232 Å². The molecule has 7 atom stereocenters.